The van der Waals surface area contributed by atoms with Crippen LogP contribution in [0.5, 0.6) is 0 Å². The molecule has 6 heteroatoms. The SMILES string of the molecule is C=CCONC(CCC)=C1C(=O)CC(CC(C)[S+]([O-])CC)CC1=O. The Morgan fingerprint density at radius 1 is 1.42 bits per heavy atom. The summed E-state index contributed by atoms with van der Waals surface area (Å²) in [6.07, 6.45) is 4.31. The molecule has 2 atom stereocenters. The predicted octanol–water partition coefficient (Wildman–Crippen LogP) is 2.84. The monoisotopic (exact) mass is 355 g/mol. The van der Waals surface area contributed by atoms with Crippen LogP contribution in [0.15, 0.2) is 23.9 Å². The molecule has 1 saturated carbocycles. The summed E-state index contributed by atoms with van der Waals surface area (Å²) < 4.78 is 11.9. The molecule has 1 aliphatic carbocycles. The summed E-state index contributed by atoms with van der Waals surface area (Å²) in [5, 5.41) is 0.00953. The fourth-order valence-electron chi connectivity index (χ4n) is 2.99. The molecule has 1 fully saturated rings. The van der Waals surface area contributed by atoms with Crippen molar-refractivity contribution >= 4 is 22.7 Å². The second-order valence-electron chi connectivity index (χ2n) is 6.14. The molecule has 0 aromatic carbocycles. The minimum atomic E-state index is -0.898. The van der Waals surface area contributed by atoms with Crippen molar-refractivity contribution in [1.82, 2.24) is 5.48 Å². The highest BCUT2D eigenvalue weighted by atomic mass is 32.2. The van der Waals surface area contributed by atoms with E-state index in [2.05, 4.69) is 12.1 Å². The van der Waals surface area contributed by atoms with Crippen molar-refractivity contribution in [1.29, 1.82) is 0 Å². The van der Waals surface area contributed by atoms with Gasteiger partial charge in [0, 0.05) is 12.8 Å². The molecule has 24 heavy (non-hydrogen) atoms. The highest BCUT2D eigenvalue weighted by Gasteiger charge is 2.34. The summed E-state index contributed by atoms with van der Waals surface area (Å²) in [5.74, 6) is 0.315. The minimum absolute atomic E-state index is 0.00953. The Balaban J connectivity index is 2.82. The number of carbonyl (C=O) groups excluding carboxylic acids is 2. The molecule has 2 unspecified atom stereocenters. The third-order valence-corrected chi connectivity index (χ3v) is 5.76. The zero-order valence-electron chi connectivity index (χ0n) is 14.9. The first kappa shape index (κ1) is 20.9. The molecule has 0 saturated heterocycles. The number of hydroxylamine groups is 1. The Kier molecular flexibility index (Phi) is 9.33. The van der Waals surface area contributed by atoms with Crippen LogP contribution in [0.25, 0.3) is 0 Å². The first-order valence-electron chi connectivity index (χ1n) is 8.59. The van der Waals surface area contributed by atoms with Crippen LogP contribution in [0.1, 0.15) is 52.9 Å². The van der Waals surface area contributed by atoms with Gasteiger partial charge in [0.25, 0.3) is 0 Å². The van der Waals surface area contributed by atoms with Crippen molar-refractivity contribution in [2.45, 2.75) is 58.1 Å². The van der Waals surface area contributed by atoms with Gasteiger partial charge in [-0.3, -0.25) is 19.9 Å². The van der Waals surface area contributed by atoms with E-state index in [1.807, 2.05) is 20.8 Å². The summed E-state index contributed by atoms with van der Waals surface area (Å²) in [7, 11) is 0. The molecule has 0 aromatic heterocycles. The van der Waals surface area contributed by atoms with Crippen molar-refractivity contribution in [3.05, 3.63) is 23.9 Å². The highest BCUT2D eigenvalue weighted by Crippen LogP contribution is 2.30. The number of nitrogens with one attached hydrogen (secondary N) is 1. The van der Waals surface area contributed by atoms with Gasteiger partial charge in [0.15, 0.2) is 11.6 Å². The summed E-state index contributed by atoms with van der Waals surface area (Å²) in [5.41, 5.74) is 3.57. The van der Waals surface area contributed by atoms with Gasteiger partial charge >= 0.3 is 0 Å². The molecule has 0 bridgehead atoms. The van der Waals surface area contributed by atoms with E-state index in [-0.39, 0.29) is 28.3 Å². The van der Waals surface area contributed by atoms with Crippen LogP contribution in [-0.2, 0) is 25.6 Å². The van der Waals surface area contributed by atoms with Crippen LogP contribution in [0.3, 0.4) is 0 Å². The van der Waals surface area contributed by atoms with Gasteiger partial charge in [0.2, 0.25) is 0 Å². The van der Waals surface area contributed by atoms with E-state index < -0.39 is 11.2 Å². The molecular weight excluding hydrogens is 326 g/mol. The van der Waals surface area contributed by atoms with E-state index in [0.29, 0.717) is 43.7 Å². The van der Waals surface area contributed by atoms with Gasteiger partial charge < -0.3 is 4.55 Å². The van der Waals surface area contributed by atoms with Crippen LogP contribution in [0.2, 0.25) is 0 Å². The smallest absolute Gasteiger partial charge is 0.168 e. The third-order valence-electron chi connectivity index (χ3n) is 4.10. The first-order valence-corrected chi connectivity index (χ1v) is 9.98. The number of carbonyl (C=O) groups is 2. The number of ketones is 2. The molecule has 1 N–H and O–H groups in total. The van der Waals surface area contributed by atoms with Crippen LogP contribution in [-0.4, -0.2) is 33.7 Å². The van der Waals surface area contributed by atoms with Crippen molar-refractivity contribution in [3.63, 3.8) is 0 Å². The average Bonchev–Trinajstić information content (AvgIpc) is 2.53. The van der Waals surface area contributed by atoms with Gasteiger partial charge in [-0.1, -0.05) is 30.6 Å². The van der Waals surface area contributed by atoms with Crippen LogP contribution in [0, 0.1) is 5.92 Å². The molecule has 0 radical (unpaired) electrons. The topological polar surface area (TPSA) is 78.5 Å². The Labute approximate surface area is 148 Å². The summed E-state index contributed by atoms with van der Waals surface area (Å²) in [6, 6.07) is 0. The van der Waals surface area contributed by atoms with Crippen LogP contribution in [0.4, 0.5) is 0 Å². The van der Waals surface area contributed by atoms with Gasteiger partial charge in [-0.15, -0.1) is 6.58 Å². The first-order chi connectivity index (χ1) is 11.4. The average molecular weight is 356 g/mol. The van der Waals surface area contributed by atoms with E-state index in [4.69, 9.17) is 4.84 Å². The maximum atomic E-state index is 12.5. The number of hydrogen-bond donors (Lipinski definition) is 1. The van der Waals surface area contributed by atoms with Gasteiger partial charge in [-0.05, 0) is 32.6 Å². The zero-order chi connectivity index (χ0) is 18.1. The molecule has 0 aliphatic heterocycles. The lowest BCUT2D eigenvalue weighted by atomic mass is 9.80. The Morgan fingerprint density at radius 2 is 2.04 bits per heavy atom. The predicted molar refractivity (Wildman–Crippen MR) is 96.7 cm³/mol. The lowest BCUT2D eigenvalue weighted by Gasteiger charge is -2.27. The molecule has 0 spiro atoms. The minimum Gasteiger partial charge on any atom is -0.616 e. The van der Waals surface area contributed by atoms with E-state index in [9.17, 15) is 14.1 Å². The number of Topliss-reactive ketones (excluding diaryl/α,β-unsaturated/α-hetero) is 2. The Morgan fingerprint density at radius 3 is 2.54 bits per heavy atom. The summed E-state index contributed by atoms with van der Waals surface area (Å²) in [4.78, 5) is 30.2. The maximum Gasteiger partial charge on any atom is 0.168 e. The lowest BCUT2D eigenvalue weighted by Crippen LogP contribution is -2.33. The fourth-order valence-corrected chi connectivity index (χ4v) is 4.04. The quantitative estimate of drug-likeness (QED) is 0.163. The molecule has 5 nitrogen and oxygen atoms in total. The number of rotatable bonds is 10. The van der Waals surface area contributed by atoms with E-state index in [0.717, 1.165) is 6.42 Å². The third kappa shape index (κ3) is 6.07. The van der Waals surface area contributed by atoms with E-state index >= 15 is 0 Å². The normalized spacial score (nSPS) is 20.7. The van der Waals surface area contributed by atoms with Gasteiger partial charge in [0.1, 0.15) is 11.0 Å². The van der Waals surface area contributed by atoms with Crippen molar-refractivity contribution in [2.75, 3.05) is 12.4 Å². The zero-order valence-corrected chi connectivity index (χ0v) is 15.7. The van der Waals surface area contributed by atoms with E-state index in [1.165, 1.54) is 0 Å². The van der Waals surface area contributed by atoms with Gasteiger partial charge in [-0.25, -0.2) is 0 Å². The van der Waals surface area contributed by atoms with Crippen LogP contribution >= 0.6 is 0 Å². The van der Waals surface area contributed by atoms with Crippen molar-refractivity contribution in [2.24, 2.45) is 5.92 Å². The second-order valence-corrected chi connectivity index (χ2v) is 8.29. The molecular formula is C18H29NO4S. The molecule has 1 rings (SSSR count). The Hall–Kier alpha value is -1.11. The lowest BCUT2D eigenvalue weighted by molar-refractivity contribution is -0.125. The Bertz CT molecular complexity index is 469. The number of hydrogen-bond acceptors (Lipinski definition) is 5. The molecule has 1 aliphatic rings. The van der Waals surface area contributed by atoms with Gasteiger partial charge in [-0.2, -0.15) is 0 Å². The molecule has 0 heterocycles. The van der Waals surface area contributed by atoms with Crippen LogP contribution < -0.4 is 5.48 Å². The van der Waals surface area contributed by atoms with Gasteiger partial charge in [0.05, 0.1) is 17.9 Å². The largest absolute Gasteiger partial charge is 0.616 e. The fraction of sp³-hybridized carbons (Fsp3) is 0.667. The highest BCUT2D eigenvalue weighted by molar-refractivity contribution is 7.91. The summed E-state index contributed by atoms with van der Waals surface area (Å²) >= 11 is -0.898. The second kappa shape index (κ2) is 10.7. The van der Waals surface area contributed by atoms with Crippen molar-refractivity contribution in [3.8, 4) is 0 Å². The van der Waals surface area contributed by atoms with Crippen molar-refractivity contribution < 1.29 is 19.0 Å². The molecule has 0 aromatic rings. The molecule has 136 valence electrons. The standard InChI is InChI=1S/C18H29NO4S/c1-5-8-15(19-23-9-6-2)18-16(20)11-14(12-17(18)21)10-13(4)24(22)7-3/h6,13-14,19H,2,5,7-12H2,1,3-4H3. The van der Waals surface area contributed by atoms with E-state index in [1.54, 1.807) is 6.08 Å². The molecule has 0 amide bonds. The number of allylic oxidation sites excluding steroid dienone is 2. The maximum absolute atomic E-state index is 12.5. The summed E-state index contributed by atoms with van der Waals surface area (Å²) in [6.45, 7) is 9.66.